The van der Waals surface area contributed by atoms with Crippen molar-refractivity contribution in [2.45, 2.75) is 54.4 Å². The molecule has 134 valence electrons. The molecule has 0 unspecified atom stereocenters. The van der Waals surface area contributed by atoms with Crippen LogP contribution < -0.4 is 5.32 Å². The summed E-state index contributed by atoms with van der Waals surface area (Å²) in [4.78, 5) is 27.4. The van der Waals surface area contributed by atoms with Crippen molar-refractivity contribution in [3.63, 3.8) is 0 Å². The van der Waals surface area contributed by atoms with Crippen LogP contribution in [0.1, 0.15) is 51.7 Å². The van der Waals surface area contributed by atoms with Crippen LogP contribution in [0.3, 0.4) is 0 Å². The summed E-state index contributed by atoms with van der Waals surface area (Å²) in [6.07, 6.45) is 1.73. The molecule has 0 saturated carbocycles. The molecule has 0 radical (unpaired) electrons. The van der Waals surface area contributed by atoms with Crippen molar-refractivity contribution in [1.82, 2.24) is 4.90 Å². The minimum Gasteiger partial charge on any atom is -0.342 e. The molecule has 24 heavy (non-hydrogen) atoms. The molecule has 0 atom stereocenters. The molecule has 0 aromatic heterocycles. The van der Waals surface area contributed by atoms with Gasteiger partial charge in [0.2, 0.25) is 11.8 Å². The van der Waals surface area contributed by atoms with Crippen molar-refractivity contribution in [2.24, 2.45) is 5.41 Å². The van der Waals surface area contributed by atoms with Gasteiger partial charge in [0.15, 0.2) is 0 Å². The van der Waals surface area contributed by atoms with Crippen LogP contribution >= 0.6 is 11.6 Å². The van der Waals surface area contributed by atoms with E-state index in [1.165, 1.54) is 0 Å². The van der Waals surface area contributed by atoms with Crippen molar-refractivity contribution >= 4 is 29.1 Å². The third kappa shape index (κ3) is 4.73. The summed E-state index contributed by atoms with van der Waals surface area (Å²) in [7, 11) is 0. The molecule has 0 heterocycles. The van der Waals surface area contributed by atoms with Crippen LogP contribution in [0.15, 0.2) is 12.1 Å². The summed E-state index contributed by atoms with van der Waals surface area (Å²) in [6, 6.07) is 3.76. The Balaban J connectivity index is 3.02. The zero-order valence-corrected chi connectivity index (χ0v) is 16.4. The Morgan fingerprint density at radius 3 is 2.12 bits per heavy atom. The van der Waals surface area contributed by atoms with E-state index in [1.54, 1.807) is 24.8 Å². The summed E-state index contributed by atoms with van der Waals surface area (Å²) in [6.45, 7) is 12.5. The predicted octanol–water partition coefficient (Wildman–Crippen LogP) is 4.57. The van der Waals surface area contributed by atoms with Gasteiger partial charge in [-0.05, 0) is 57.7 Å². The molecule has 5 heteroatoms. The third-order valence-electron chi connectivity index (χ3n) is 4.05. The highest BCUT2D eigenvalue weighted by molar-refractivity contribution is 6.34. The number of aryl methyl sites for hydroxylation is 2. The topological polar surface area (TPSA) is 49.4 Å². The molecular formula is C19H29ClN2O2. The highest BCUT2D eigenvalue weighted by Gasteiger charge is 2.39. The van der Waals surface area contributed by atoms with Gasteiger partial charge >= 0.3 is 0 Å². The summed E-state index contributed by atoms with van der Waals surface area (Å²) in [5.41, 5.74) is 1.34. The van der Waals surface area contributed by atoms with Gasteiger partial charge < -0.3 is 10.2 Å². The molecule has 0 aliphatic heterocycles. The second kappa shape index (κ2) is 8.52. The van der Waals surface area contributed by atoms with E-state index in [4.69, 9.17) is 11.6 Å². The number of hydrogen-bond acceptors (Lipinski definition) is 2. The summed E-state index contributed by atoms with van der Waals surface area (Å²) in [5, 5.41) is 3.34. The number of amides is 2. The first kappa shape index (κ1) is 20.5. The van der Waals surface area contributed by atoms with Gasteiger partial charge in [0, 0.05) is 13.1 Å². The van der Waals surface area contributed by atoms with E-state index in [-0.39, 0.29) is 11.8 Å². The molecule has 0 saturated heterocycles. The SMILES string of the molecule is CCCN(CCC)C(=O)C(C)(C)C(=O)Nc1c(C)cc(C)cc1Cl. The second-order valence-electron chi connectivity index (χ2n) is 6.81. The molecular weight excluding hydrogens is 324 g/mol. The summed E-state index contributed by atoms with van der Waals surface area (Å²) < 4.78 is 0. The number of nitrogens with zero attached hydrogens (tertiary/aromatic N) is 1. The Kier molecular flexibility index (Phi) is 7.27. The largest absolute Gasteiger partial charge is 0.342 e. The van der Waals surface area contributed by atoms with Gasteiger partial charge in [-0.15, -0.1) is 0 Å². The Hall–Kier alpha value is -1.55. The summed E-state index contributed by atoms with van der Waals surface area (Å²) >= 11 is 6.26. The molecule has 1 aromatic rings. The Morgan fingerprint density at radius 1 is 1.12 bits per heavy atom. The van der Waals surface area contributed by atoms with Gasteiger partial charge in [-0.25, -0.2) is 0 Å². The van der Waals surface area contributed by atoms with Gasteiger partial charge in [-0.1, -0.05) is 31.5 Å². The van der Waals surface area contributed by atoms with Crippen LogP contribution in [-0.2, 0) is 9.59 Å². The van der Waals surface area contributed by atoms with E-state index in [9.17, 15) is 9.59 Å². The lowest BCUT2D eigenvalue weighted by Crippen LogP contribution is -2.48. The molecule has 0 spiro atoms. The van der Waals surface area contributed by atoms with E-state index in [0.717, 1.165) is 24.0 Å². The lowest BCUT2D eigenvalue weighted by molar-refractivity contribution is -0.146. The molecule has 1 rings (SSSR count). The molecule has 4 nitrogen and oxygen atoms in total. The maximum atomic E-state index is 12.8. The van der Waals surface area contributed by atoms with Gasteiger partial charge in [0.25, 0.3) is 0 Å². The van der Waals surface area contributed by atoms with Crippen molar-refractivity contribution in [1.29, 1.82) is 0 Å². The first-order valence-corrected chi connectivity index (χ1v) is 8.90. The number of anilines is 1. The van der Waals surface area contributed by atoms with E-state index in [0.29, 0.717) is 23.8 Å². The monoisotopic (exact) mass is 352 g/mol. The van der Waals surface area contributed by atoms with Crippen molar-refractivity contribution in [2.75, 3.05) is 18.4 Å². The van der Waals surface area contributed by atoms with Crippen LogP contribution in [0.4, 0.5) is 5.69 Å². The van der Waals surface area contributed by atoms with Crippen molar-refractivity contribution < 1.29 is 9.59 Å². The van der Waals surface area contributed by atoms with E-state index < -0.39 is 5.41 Å². The highest BCUT2D eigenvalue weighted by atomic mass is 35.5. The fourth-order valence-corrected chi connectivity index (χ4v) is 3.06. The minimum absolute atomic E-state index is 0.149. The van der Waals surface area contributed by atoms with E-state index in [1.807, 2.05) is 33.8 Å². The molecule has 0 aliphatic rings. The van der Waals surface area contributed by atoms with Crippen molar-refractivity contribution in [3.8, 4) is 0 Å². The average molecular weight is 353 g/mol. The fraction of sp³-hybridized carbons (Fsp3) is 0.579. The van der Waals surface area contributed by atoms with Crippen LogP contribution in [0.2, 0.25) is 5.02 Å². The van der Waals surface area contributed by atoms with E-state index >= 15 is 0 Å². The second-order valence-corrected chi connectivity index (χ2v) is 7.22. The van der Waals surface area contributed by atoms with Gasteiger partial charge in [0.05, 0.1) is 10.7 Å². The quantitative estimate of drug-likeness (QED) is 0.731. The smallest absolute Gasteiger partial charge is 0.239 e. The summed E-state index contributed by atoms with van der Waals surface area (Å²) in [5.74, 6) is -0.483. The van der Waals surface area contributed by atoms with Gasteiger partial charge in [-0.3, -0.25) is 9.59 Å². The van der Waals surface area contributed by atoms with Crippen molar-refractivity contribution in [3.05, 3.63) is 28.3 Å². The first-order chi connectivity index (χ1) is 11.1. The number of benzene rings is 1. The zero-order chi connectivity index (χ0) is 18.5. The maximum absolute atomic E-state index is 12.8. The number of nitrogens with one attached hydrogen (secondary N) is 1. The third-order valence-corrected chi connectivity index (χ3v) is 4.34. The molecule has 0 aliphatic carbocycles. The van der Waals surface area contributed by atoms with Gasteiger partial charge in [-0.2, -0.15) is 0 Å². The van der Waals surface area contributed by atoms with Crippen LogP contribution in [-0.4, -0.2) is 29.8 Å². The number of rotatable bonds is 7. The highest BCUT2D eigenvalue weighted by Crippen LogP contribution is 2.30. The van der Waals surface area contributed by atoms with E-state index in [2.05, 4.69) is 5.32 Å². The fourth-order valence-electron chi connectivity index (χ4n) is 2.69. The molecule has 2 amide bonds. The average Bonchev–Trinajstić information content (AvgIpc) is 2.49. The lowest BCUT2D eigenvalue weighted by Gasteiger charge is -2.31. The number of halogens is 1. The first-order valence-electron chi connectivity index (χ1n) is 8.52. The normalized spacial score (nSPS) is 11.3. The lowest BCUT2D eigenvalue weighted by atomic mass is 9.89. The molecule has 1 N–H and O–H groups in total. The van der Waals surface area contributed by atoms with Crippen LogP contribution in [0.25, 0.3) is 0 Å². The predicted molar refractivity (Wildman–Crippen MR) is 100 cm³/mol. The number of hydrogen-bond donors (Lipinski definition) is 1. The Labute approximate surface area is 150 Å². The number of carbonyl (C=O) groups excluding carboxylic acids is 2. The molecule has 0 fully saturated rings. The minimum atomic E-state index is -1.15. The molecule has 0 bridgehead atoms. The molecule has 1 aromatic carbocycles. The Bertz CT molecular complexity index is 582. The maximum Gasteiger partial charge on any atom is 0.239 e. The van der Waals surface area contributed by atoms with Crippen LogP contribution in [0, 0.1) is 19.3 Å². The zero-order valence-electron chi connectivity index (χ0n) is 15.6. The number of carbonyl (C=O) groups is 2. The standard InChI is InChI=1S/C19H29ClN2O2/c1-7-9-22(10-8-2)18(24)19(5,6)17(23)21-16-14(4)11-13(3)12-15(16)20/h11-12H,7-10H2,1-6H3,(H,21,23). The Morgan fingerprint density at radius 2 is 1.67 bits per heavy atom. The van der Waals surface area contributed by atoms with Gasteiger partial charge in [0.1, 0.15) is 5.41 Å². The van der Waals surface area contributed by atoms with Crippen LogP contribution in [0.5, 0.6) is 0 Å².